The van der Waals surface area contributed by atoms with Crippen LogP contribution in [0.15, 0.2) is 48.5 Å². The molecule has 0 saturated carbocycles. The fourth-order valence-electron chi connectivity index (χ4n) is 1.76. The van der Waals surface area contributed by atoms with Gasteiger partial charge in [0.2, 0.25) is 0 Å². The lowest BCUT2D eigenvalue weighted by molar-refractivity contribution is 0.216. The number of hydrogen-bond donors (Lipinski definition) is 1. The molecule has 0 aromatic heterocycles. The van der Waals surface area contributed by atoms with Crippen molar-refractivity contribution in [3.63, 3.8) is 0 Å². The Morgan fingerprint density at radius 1 is 1.00 bits per heavy atom. The zero-order chi connectivity index (χ0) is 13.0. The summed E-state index contributed by atoms with van der Waals surface area (Å²) in [5.74, 6) is 1.35. The van der Waals surface area contributed by atoms with Crippen molar-refractivity contribution in [3.05, 3.63) is 54.1 Å². The van der Waals surface area contributed by atoms with Gasteiger partial charge in [0.1, 0.15) is 6.10 Å². The molecule has 0 radical (unpaired) electrons. The van der Waals surface area contributed by atoms with Gasteiger partial charge in [0.05, 0.1) is 7.11 Å². The van der Waals surface area contributed by atoms with Crippen LogP contribution in [0.25, 0.3) is 0 Å². The Hall–Kier alpha value is -2.16. The third-order valence-corrected chi connectivity index (χ3v) is 2.76. The highest BCUT2D eigenvalue weighted by molar-refractivity contribution is 5.52. The Bertz CT molecular complexity index is 511. The first-order chi connectivity index (χ1) is 8.70. The summed E-state index contributed by atoms with van der Waals surface area (Å²) in [4.78, 5) is 0. The summed E-state index contributed by atoms with van der Waals surface area (Å²) in [5, 5.41) is 0. The number of anilines is 1. The molecule has 2 N–H and O–H groups in total. The van der Waals surface area contributed by atoms with Crippen LogP contribution in [-0.2, 0) is 0 Å². The quantitative estimate of drug-likeness (QED) is 0.837. The van der Waals surface area contributed by atoms with Crippen LogP contribution in [0.5, 0.6) is 11.5 Å². The monoisotopic (exact) mass is 243 g/mol. The lowest BCUT2D eigenvalue weighted by Gasteiger charge is -2.17. The summed E-state index contributed by atoms with van der Waals surface area (Å²) in [6.45, 7) is 2.01. The normalized spacial score (nSPS) is 11.9. The van der Waals surface area contributed by atoms with Crippen LogP contribution in [0, 0.1) is 0 Å². The molecule has 0 aliphatic heterocycles. The zero-order valence-corrected chi connectivity index (χ0v) is 10.6. The third-order valence-electron chi connectivity index (χ3n) is 2.76. The maximum atomic E-state index is 5.90. The van der Waals surface area contributed by atoms with Crippen LogP contribution in [0.4, 0.5) is 5.69 Å². The minimum atomic E-state index is -0.0382. The molecule has 0 aliphatic rings. The van der Waals surface area contributed by atoms with Crippen molar-refractivity contribution >= 4 is 5.69 Å². The topological polar surface area (TPSA) is 44.5 Å². The number of rotatable bonds is 4. The van der Waals surface area contributed by atoms with Crippen molar-refractivity contribution < 1.29 is 9.47 Å². The molecule has 2 rings (SSSR count). The fourth-order valence-corrected chi connectivity index (χ4v) is 1.76. The molecule has 1 atom stereocenters. The molecule has 0 spiro atoms. The zero-order valence-electron chi connectivity index (χ0n) is 10.6. The maximum absolute atomic E-state index is 5.90. The van der Waals surface area contributed by atoms with E-state index in [1.807, 2.05) is 43.3 Å². The molecular formula is C15H17NO2. The van der Waals surface area contributed by atoms with Gasteiger partial charge in [-0.25, -0.2) is 0 Å². The van der Waals surface area contributed by atoms with E-state index < -0.39 is 0 Å². The Morgan fingerprint density at radius 3 is 2.39 bits per heavy atom. The highest BCUT2D eigenvalue weighted by Crippen LogP contribution is 2.32. The van der Waals surface area contributed by atoms with E-state index in [1.54, 1.807) is 19.2 Å². The van der Waals surface area contributed by atoms with E-state index in [9.17, 15) is 0 Å². The number of hydrogen-bond acceptors (Lipinski definition) is 3. The van der Waals surface area contributed by atoms with Crippen LogP contribution in [0.3, 0.4) is 0 Å². The molecule has 94 valence electrons. The van der Waals surface area contributed by atoms with Crippen molar-refractivity contribution in [2.45, 2.75) is 13.0 Å². The summed E-state index contributed by atoms with van der Waals surface area (Å²) >= 11 is 0. The van der Waals surface area contributed by atoms with Gasteiger partial charge in [-0.05, 0) is 24.6 Å². The Kier molecular flexibility index (Phi) is 3.72. The molecule has 0 heterocycles. The van der Waals surface area contributed by atoms with Crippen LogP contribution in [-0.4, -0.2) is 7.11 Å². The standard InChI is InChI=1S/C15H17NO2/c1-11(12-6-4-3-5-7-12)18-14-9-8-13(16)10-15(14)17-2/h3-11H,16H2,1-2H3. The van der Waals surface area contributed by atoms with E-state index in [2.05, 4.69) is 0 Å². The molecule has 2 aromatic carbocycles. The predicted molar refractivity (Wildman–Crippen MR) is 72.9 cm³/mol. The molecular weight excluding hydrogens is 226 g/mol. The predicted octanol–water partition coefficient (Wildman–Crippen LogP) is 3.42. The third kappa shape index (κ3) is 2.74. The van der Waals surface area contributed by atoms with Crippen molar-refractivity contribution in [1.29, 1.82) is 0 Å². The number of nitrogens with two attached hydrogens (primary N) is 1. The first kappa shape index (κ1) is 12.3. The summed E-state index contributed by atoms with van der Waals surface area (Å²) in [5.41, 5.74) is 7.49. The van der Waals surface area contributed by atoms with Gasteiger partial charge in [-0.15, -0.1) is 0 Å². The molecule has 3 nitrogen and oxygen atoms in total. The summed E-state index contributed by atoms with van der Waals surface area (Å²) < 4.78 is 11.2. The summed E-state index contributed by atoms with van der Waals surface area (Å²) in [7, 11) is 1.61. The Labute approximate surface area is 107 Å². The van der Waals surface area contributed by atoms with Crippen molar-refractivity contribution in [2.75, 3.05) is 12.8 Å². The van der Waals surface area contributed by atoms with E-state index in [-0.39, 0.29) is 6.10 Å². The van der Waals surface area contributed by atoms with E-state index in [0.717, 1.165) is 5.56 Å². The average Bonchev–Trinajstić information content (AvgIpc) is 2.41. The second-order valence-electron chi connectivity index (χ2n) is 4.08. The van der Waals surface area contributed by atoms with E-state index in [1.165, 1.54) is 0 Å². The SMILES string of the molecule is COc1cc(N)ccc1OC(C)c1ccccc1. The van der Waals surface area contributed by atoms with Crippen molar-refractivity contribution in [2.24, 2.45) is 0 Å². The van der Waals surface area contributed by atoms with Crippen LogP contribution in [0.2, 0.25) is 0 Å². The summed E-state index contributed by atoms with van der Waals surface area (Å²) in [6, 6.07) is 15.4. The first-order valence-electron chi connectivity index (χ1n) is 5.86. The first-order valence-corrected chi connectivity index (χ1v) is 5.86. The highest BCUT2D eigenvalue weighted by Gasteiger charge is 2.10. The molecule has 1 unspecified atom stereocenters. The largest absolute Gasteiger partial charge is 0.493 e. The van der Waals surface area contributed by atoms with Gasteiger partial charge in [-0.1, -0.05) is 30.3 Å². The second-order valence-corrected chi connectivity index (χ2v) is 4.08. The molecule has 0 saturated heterocycles. The van der Waals surface area contributed by atoms with Crippen molar-refractivity contribution in [3.8, 4) is 11.5 Å². The maximum Gasteiger partial charge on any atom is 0.162 e. The molecule has 18 heavy (non-hydrogen) atoms. The van der Waals surface area contributed by atoms with Crippen LogP contribution in [0.1, 0.15) is 18.6 Å². The molecule has 0 aliphatic carbocycles. The molecule has 2 aromatic rings. The molecule has 3 heteroatoms. The molecule has 0 fully saturated rings. The van der Waals surface area contributed by atoms with Gasteiger partial charge in [0.15, 0.2) is 11.5 Å². The number of ether oxygens (including phenoxy) is 2. The Balaban J connectivity index is 2.19. The number of nitrogen functional groups attached to an aromatic ring is 1. The van der Waals surface area contributed by atoms with Gasteiger partial charge < -0.3 is 15.2 Å². The van der Waals surface area contributed by atoms with Crippen LogP contribution < -0.4 is 15.2 Å². The summed E-state index contributed by atoms with van der Waals surface area (Å²) in [6.07, 6.45) is -0.0382. The lowest BCUT2D eigenvalue weighted by Crippen LogP contribution is -2.04. The van der Waals surface area contributed by atoms with E-state index in [4.69, 9.17) is 15.2 Å². The van der Waals surface area contributed by atoms with E-state index in [0.29, 0.717) is 17.2 Å². The Morgan fingerprint density at radius 2 is 1.72 bits per heavy atom. The molecule has 0 amide bonds. The van der Waals surface area contributed by atoms with Gasteiger partial charge in [-0.3, -0.25) is 0 Å². The van der Waals surface area contributed by atoms with Gasteiger partial charge in [0.25, 0.3) is 0 Å². The second kappa shape index (κ2) is 5.45. The fraction of sp³-hybridized carbons (Fsp3) is 0.200. The lowest BCUT2D eigenvalue weighted by atomic mass is 10.1. The highest BCUT2D eigenvalue weighted by atomic mass is 16.5. The van der Waals surface area contributed by atoms with Gasteiger partial charge in [0, 0.05) is 11.8 Å². The average molecular weight is 243 g/mol. The van der Waals surface area contributed by atoms with E-state index >= 15 is 0 Å². The number of benzene rings is 2. The minimum absolute atomic E-state index is 0.0382. The van der Waals surface area contributed by atoms with Crippen molar-refractivity contribution in [1.82, 2.24) is 0 Å². The minimum Gasteiger partial charge on any atom is -0.493 e. The van der Waals surface area contributed by atoms with Gasteiger partial charge in [-0.2, -0.15) is 0 Å². The molecule has 0 bridgehead atoms. The van der Waals surface area contributed by atoms with Gasteiger partial charge >= 0.3 is 0 Å². The van der Waals surface area contributed by atoms with Crippen LogP contribution >= 0.6 is 0 Å². The smallest absolute Gasteiger partial charge is 0.162 e. The number of methoxy groups -OCH3 is 1.